The SMILES string of the molecule is CC(=O)c1cn(-c2ncns2)c2nc(N3CC(C=O)C3)cc(C)c2c1=O. The zero-order chi connectivity index (χ0) is 18.4. The van der Waals surface area contributed by atoms with E-state index in [2.05, 4.69) is 14.3 Å². The topological polar surface area (TPSA) is 98.1 Å². The first kappa shape index (κ1) is 16.5. The largest absolute Gasteiger partial charge is 0.355 e. The molecule has 8 nitrogen and oxygen atoms in total. The van der Waals surface area contributed by atoms with Crippen LogP contribution >= 0.6 is 11.5 Å². The van der Waals surface area contributed by atoms with Crippen LogP contribution < -0.4 is 10.3 Å². The Balaban J connectivity index is 1.99. The maximum atomic E-state index is 12.8. The monoisotopic (exact) mass is 369 g/mol. The Labute approximate surface area is 152 Å². The number of rotatable bonds is 4. The van der Waals surface area contributed by atoms with Crippen LogP contribution in [0.25, 0.3) is 16.2 Å². The van der Waals surface area contributed by atoms with Gasteiger partial charge in [0.05, 0.1) is 10.9 Å². The fraction of sp³-hybridized carbons (Fsp3) is 0.294. The summed E-state index contributed by atoms with van der Waals surface area (Å²) in [7, 11) is 0. The molecule has 4 heterocycles. The minimum atomic E-state index is -0.334. The van der Waals surface area contributed by atoms with E-state index in [-0.39, 0.29) is 22.7 Å². The molecule has 4 rings (SSSR count). The Morgan fingerprint density at radius 2 is 2.15 bits per heavy atom. The second-order valence-electron chi connectivity index (χ2n) is 6.32. The van der Waals surface area contributed by atoms with Gasteiger partial charge in [-0.2, -0.15) is 4.37 Å². The van der Waals surface area contributed by atoms with Crippen molar-refractivity contribution in [2.24, 2.45) is 5.92 Å². The summed E-state index contributed by atoms with van der Waals surface area (Å²) in [5, 5.41) is 0.917. The van der Waals surface area contributed by atoms with Crippen molar-refractivity contribution in [1.29, 1.82) is 0 Å². The van der Waals surface area contributed by atoms with E-state index in [0.717, 1.165) is 23.4 Å². The average Bonchev–Trinajstić information content (AvgIpc) is 3.07. The van der Waals surface area contributed by atoms with E-state index in [1.807, 2.05) is 17.9 Å². The van der Waals surface area contributed by atoms with Crippen LogP contribution in [-0.4, -0.2) is 44.1 Å². The summed E-state index contributed by atoms with van der Waals surface area (Å²) in [6, 6.07) is 1.82. The number of aldehydes is 1. The van der Waals surface area contributed by atoms with E-state index >= 15 is 0 Å². The number of carbonyl (C=O) groups is 2. The zero-order valence-corrected chi connectivity index (χ0v) is 15.0. The standard InChI is InChI=1S/C17H15N5O3S/c1-9-3-13(21-4-11(5-21)7-23)20-16-14(9)15(25)12(10(2)24)6-22(16)17-18-8-19-26-17/h3,6-8,11H,4-5H2,1-2H3. The number of hydrogen-bond donors (Lipinski definition) is 0. The quantitative estimate of drug-likeness (QED) is 0.506. The Morgan fingerprint density at radius 1 is 1.38 bits per heavy atom. The van der Waals surface area contributed by atoms with Gasteiger partial charge in [0.15, 0.2) is 11.4 Å². The smallest absolute Gasteiger partial charge is 0.214 e. The maximum Gasteiger partial charge on any atom is 0.214 e. The van der Waals surface area contributed by atoms with E-state index < -0.39 is 0 Å². The number of carbonyl (C=O) groups excluding carboxylic acids is 2. The van der Waals surface area contributed by atoms with Crippen molar-refractivity contribution in [2.75, 3.05) is 18.0 Å². The van der Waals surface area contributed by atoms with Gasteiger partial charge in [0, 0.05) is 36.7 Å². The molecule has 1 aliphatic heterocycles. The van der Waals surface area contributed by atoms with Crippen molar-refractivity contribution in [3.8, 4) is 5.13 Å². The Kier molecular flexibility index (Phi) is 3.87. The number of fused-ring (bicyclic) bond motifs is 1. The van der Waals surface area contributed by atoms with Crippen molar-refractivity contribution >= 4 is 40.5 Å². The fourth-order valence-corrected chi connectivity index (χ4v) is 3.61. The maximum absolute atomic E-state index is 12.8. The van der Waals surface area contributed by atoms with Gasteiger partial charge in [-0.05, 0) is 25.5 Å². The Bertz CT molecular complexity index is 1080. The third kappa shape index (κ3) is 2.51. The molecule has 0 radical (unpaired) electrons. The molecule has 3 aromatic rings. The first-order chi connectivity index (χ1) is 12.5. The van der Waals surface area contributed by atoms with Crippen LogP contribution in [0.2, 0.25) is 0 Å². The molecule has 1 fully saturated rings. The van der Waals surface area contributed by atoms with Crippen molar-refractivity contribution < 1.29 is 9.59 Å². The minimum Gasteiger partial charge on any atom is -0.355 e. The third-order valence-corrected chi connectivity index (χ3v) is 5.17. The second kappa shape index (κ2) is 6.10. The second-order valence-corrected chi connectivity index (χ2v) is 7.08. The molecule has 9 heteroatoms. The van der Waals surface area contributed by atoms with E-state index in [1.54, 1.807) is 4.57 Å². The summed E-state index contributed by atoms with van der Waals surface area (Å²) in [4.78, 5) is 46.4. The molecule has 132 valence electrons. The van der Waals surface area contributed by atoms with Crippen molar-refractivity contribution in [3.63, 3.8) is 0 Å². The molecule has 0 aliphatic carbocycles. The van der Waals surface area contributed by atoms with Gasteiger partial charge in [0.25, 0.3) is 0 Å². The average molecular weight is 369 g/mol. The van der Waals surface area contributed by atoms with Crippen LogP contribution in [-0.2, 0) is 4.79 Å². The van der Waals surface area contributed by atoms with Crippen LogP contribution in [0.15, 0.2) is 23.4 Å². The predicted molar refractivity (Wildman–Crippen MR) is 97.3 cm³/mol. The number of pyridine rings is 2. The van der Waals surface area contributed by atoms with Gasteiger partial charge in [-0.3, -0.25) is 14.2 Å². The number of Topliss-reactive ketones (excluding diaryl/α,β-unsaturated/α-hetero) is 1. The van der Waals surface area contributed by atoms with Crippen LogP contribution in [0.4, 0.5) is 5.82 Å². The normalized spacial score (nSPS) is 14.5. The molecule has 0 amide bonds. The summed E-state index contributed by atoms with van der Waals surface area (Å²) < 4.78 is 5.64. The molecule has 0 aromatic carbocycles. The summed E-state index contributed by atoms with van der Waals surface area (Å²) in [6.07, 6.45) is 3.84. The van der Waals surface area contributed by atoms with Crippen LogP contribution in [0.1, 0.15) is 22.8 Å². The number of nitrogens with zero attached hydrogens (tertiary/aromatic N) is 5. The molecular formula is C17H15N5O3S. The van der Waals surface area contributed by atoms with Gasteiger partial charge >= 0.3 is 0 Å². The molecule has 1 saturated heterocycles. The highest BCUT2D eigenvalue weighted by Crippen LogP contribution is 2.27. The predicted octanol–water partition coefficient (Wildman–Crippen LogP) is 1.38. The molecule has 0 unspecified atom stereocenters. The molecule has 0 N–H and O–H groups in total. The van der Waals surface area contributed by atoms with Gasteiger partial charge in [-0.15, -0.1) is 0 Å². The number of hydrogen-bond acceptors (Lipinski definition) is 8. The van der Waals surface area contributed by atoms with E-state index in [0.29, 0.717) is 35.1 Å². The summed E-state index contributed by atoms with van der Waals surface area (Å²) in [6.45, 7) is 4.40. The first-order valence-electron chi connectivity index (χ1n) is 8.05. The number of ketones is 1. The van der Waals surface area contributed by atoms with Crippen LogP contribution in [0, 0.1) is 12.8 Å². The van der Waals surface area contributed by atoms with Gasteiger partial charge < -0.3 is 9.69 Å². The highest BCUT2D eigenvalue weighted by Gasteiger charge is 2.28. The molecule has 1 aliphatic rings. The van der Waals surface area contributed by atoms with E-state index in [1.165, 1.54) is 19.4 Å². The van der Waals surface area contributed by atoms with Gasteiger partial charge in [-0.1, -0.05) is 0 Å². The van der Waals surface area contributed by atoms with Crippen molar-refractivity contribution in [1.82, 2.24) is 18.9 Å². The highest BCUT2D eigenvalue weighted by molar-refractivity contribution is 7.08. The Hall–Kier alpha value is -2.94. The summed E-state index contributed by atoms with van der Waals surface area (Å²) in [5.74, 6) is 0.398. The number of anilines is 1. The van der Waals surface area contributed by atoms with Crippen LogP contribution in [0.5, 0.6) is 0 Å². The lowest BCUT2D eigenvalue weighted by atomic mass is 10.0. The molecule has 26 heavy (non-hydrogen) atoms. The van der Waals surface area contributed by atoms with Gasteiger partial charge in [0.1, 0.15) is 18.4 Å². The van der Waals surface area contributed by atoms with E-state index in [4.69, 9.17) is 0 Å². The fourth-order valence-electron chi connectivity index (χ4n) is 3.10. The lowest BCUT2D eigenvalue weighted by Crippen LogP contribution is -2.48. The van der Waals surface area contributed by atoms with Crippen molar-refractivity contribution in [2.45, 2.75) is 13.8 Å². The van der Waals surface area contributed by atoms with Crippen molar-refractivity contribution in [3.05, 3.63) is 39.9 Å². The number of aromatic nitrogens is 4. The first-order valence-corrected chi connectivity index (χ1v) is 8.82. The lowest BCUT2D eigenvalue weighted by molar-refractivity contribution is -0.111. The van der Waals surface area contributed by atoms with Gasteiger partial charge in [0.2, 0.25) is 10.6 Å². The molecular weight excluding hydrogens is 354 g/mol. The highest BCUT2D eigenvalue weighted by atomic mass is 32.1. The lowest BCUT2D eigenvalue weighted by Gasteiger charge is -2.37. The number of aryl methyl sites for hydroxylation is 1. The zero-order valence-electron chi connectivity index (χ0n) is 14.2. The summed E-state index contributed by atoms with van der Waals surface area (Å²) in [5.41, 5.74) is 0.918. The molecule has 3 aromatic heterocycles. The van der Waals surface area contributed by atoms with Crippen LogP contribution in [0.3, 0.4) is 0 Å². The third-order valence-electron chi connectivity index (χ3n) is 4.50. The van der Waals surface area contributed by atoms with Gasteiger partial charge in [-0.25, -0.2) is 9.97 Å². The summed E-state index contributed by atoms with van der Waals surface area (Å²) >= 11 is 1.15. The van der Waals surface area contributed by atoms with E-state index in [9.17, 15) is 14.4 Å². The Morgan fingerprint density at radius 3 is 2.77 bits per heavy atom. The minimum absolute atomic E-state index is 0.0123. The molecule has 0 bridgehead atoms. The molecule has 0 saturated carbocycles. The molecule has 0 atom stereocenters. The molecule has 0 spiro atoms.